The van der Waals surface area contributed by atoms with Crippen molar-refractivity contribution in [2.75, 3.05) is 12.4 Å². The molecule has 1 unspecified atom stereocenters. The van der Waals surface area contributed by atoms with Crippen LogP contribution >= 0.6 is 0 Å². The van der Waals surface area contributed by atoms with Gasteiger partial charge in [0.2, 0.25) is 0 Å². The molecular formula is C16H17F2NO. The first-order chi connectivity index (χ1) is 9.60. The number of para-hydroxylation sites is 1. The summed E-state index contributed by atoms with van der Waals surface area (Å²) < 4.78 is 31.3. The van der Waals surface area contributed by atoms with Crippen molar-refractivity contribution in [3.63, 3.8) is 0 Å². The summed E-state index contributed by atoms with van der Waals surface area (Å²) >= 11 is 0. The molecule has 0 heterocycles. The van der Waals surface area contributed by atoms with Gasteiger partial charge in [0.1, 0.15) is 5.75 Å². The molecule has 1 N–H and O–H groups in total. The van der Waals surface area contributed by atoms with E-state index >= 15 is 0 Å². The van der Waals surface area contributed by atoms with E-state index in [-0.39, 0.29) is 6.04 Å². The molecule has 0 fully saturated rings. The lowest BCUT2D eigenvalue weighted by Crippen LogP contribution is -2.18. The van der Waals surface area contributed by atoms with Crippen LogP contribution in [-0.2, 0) is 6.42 Å². The summed E-state index contributed by atoms with van der Waals surface area (Å²) in [5.41, 5.74) is 1.63. The van der Waals surface area contributed by atoms with Gasteiger partial charge in [0.05, 0.1) is 7.11 Å². The Morgan fingerprint density at radius 3 is 2.55 bits per heavy atom. The zero-order valence-electron chi connectivity index (χ0n) is 11.5. The zero-order chi connectivity index (χ0) is 14.5. The first kappa shape index (κ1) is 14.3. The van der Waals surface area contributed by atoms with Gasteiger partial charge >= 0.3 is 0 Å². The van der Waals surface area contributed by atoms with Gasteiger partial charge in [0, 0.05) is 17.8 Å². The van der Waals surface area contributed by atoms with Gasteiger partial charge in [-0.05, 0) is 37.1 Å². The molecular weight excluding hydrogens is 260 g/mol. The van der Waals surface area contributed by atoms with Crippen molar-refractivity contribution in [2.24, 2.45) is 0 Å². The summed E-state index contributed by atoms with van der Waals surface area (Å²) in [7, 11) is 1.63. The van der Waals surface area contributed by atoms with Crippen molar-refractivity contribution in [2.45, 2.75) is 19.4 Å². The van der Waals surface area contributed by atoms with E-state index in [1.54, 1.807) is 7.11 Å². The molecule has 2 rings (SSSR count). The minimum Gasteiger partial charge on any atom is -0.496 e. The molecule has 106 valence electrons. The number of nitrogens with one attached hydrogen (secondary N) is 1. The minimum atomic E-state index is -0.848. The summed E-state index contributed by atoms with van der Waals surface area (Å²) in [5, 5.41) is 3.15. The van der Waals surface area contributed by atoms with E-state index in [0.717, 1.165) is 29.9 Å². The number of anilines is 1. The molecule has 0 saturated heterocycles. The molecule has 0 saturated carbocycles. The maximum absolute atomic E-state index is 13.1. The molecule has 0 bridgehead atoms. The van der Waals surface area contributed by atoms with Crippen molar-refractivity contribution in [1.82, 2.24) is 0 Å². The molecule has 4 heteroatoms. The van der Waals surface area contributed by atoms with Gasteiger partial charge in [0.15, 0.2) is 11.6 Å². The van der Waals surface area contributed by atoms with Gasteiger partial charge in [-0.2, -0.15) is 0 Å². The smallest absolute Gasteiger partial charge is 0.160 e. The fourth-order valence-corrected chi connectivity index (χ4v) is 2.12. The topological polar surface area (TPSA) is 21.3 Å². The lowest BCUT2D eigenvalue weighted by atomic mass is 10.1. The lowest BCUT2D eigenvalue weighted by Gasteiger charge is -2.17. The highest BCUT2D eigenvalue weighted by Crippen LogP contribution is 2.21. The van der Waals surface area contributed by atoms with Crippen LogP contribution in [0.25, 0.3) is 0 Å². The maximum Gasteiger partial charge on any atom is 0.160 e. The molecule has 1 atom stereocenters. The van der Waals surface area contributed by atoms with E-state index in [0.29, 0.717) is 5.69 Å². The Hall–Kier alpha value is -2.10. The Morgan fingerprint density at radius 1 is 1.10 bits per heavy atom. The Kier molecular flexibility index (Phi) is 4.56. The quantitative estimate of drug-likeness (QED) is 0.891. The van der Waals surface area contributed by atoms with Crippen LogP contribution in [0.4, 0.5) is 14.5 Å². The highest BCUT2D eigenvalue weighted by molar-refractivity contribution is 5.45. The summed E-state index contributed by atoms with van der Waals surface area (Å²) in [6.45, 7) is 1.98. The predicted molar refractivity (Wildman–Crippen MR) is 76.1 cm³/mol. The SMILES string of the molecule is COc1ccccc1CC(C)Nc1ccc(F)c(F)c1. The van der Waals surface area contributed by atoms with E-state index < -0.39 is 11.6 Å². The lowest BCUT2D eigenvalue weighted by molar-refractivity contribution is 0.409. The van der Waals surface area contributed by atoms with E-state index in [4.69, 9.17) is 4.74 Å². The van der Waals surface area contributed by atoms with Gasteiger partial charge in [-0.25, -0.2) is 8.78 Å². The summed E-state index contributed by atoms with van der Waals surface area (Å²) in [6.07, 6.45) is 0.725. The first-order valence-electron chi connectivity index (χ1n) is 6.43. The van der Waals surface area contributed by atoms with Crippen LogP contribution in [-0.4, -0.2) is 13.2 Å². The zero-order valence-corrected chi connectivity index (χ0v) is 11.5. The van der Waals surface area contributed by atoms with Crippen molar-refractivity contribution in [3.8, 4) is 5.75 Å². The number of hydrogen-bond donors (Lipinski definition) is 1. The molecule has 0 spiro atoms. The third-order valence-corrected chi connectivity index (χ3v) is 3.05. The van der Waals surface area contributed by atoms with Crippen molar-refractivity contribution < 1.29 is 13.5 Å². The molecule has 0 aromatic heterocycles. The average molecular weight is 277 g/mol. The van der Waals surface area contributed by atoms with Crippen LogP contribution in [0, 0.1) is 11.6 Å². The first-order valence-corrected chi connectivity index (χ1v) is 6.43. The molecule has 0 aliphatic heterocycles. The normalized spacial score (nSPS) is 12.0. The highest BCUT2D eigenvalue weighted by atomic mass is 19.2. The minimum absolute atomic E-state index is 0.0659. The van der Waals surface area contributed by atoms with Crippen LogP contribution in [0.5, 0.6) is 5.75 Å². The second kappa shape index (κ2) is 6.37. The van der Waals surface area contributed by atoms with Crippen molar-refractivity contribution >= 4 is 5.69 Å². The Balaban J connectivity index is 2.05. The monoisotopic (exact) mass is 277 g/mol. The van der Waals surface area contributed by atoms with Crippen LogP contribution < -0.4 is 10.1 Å². The van der Waals surface area contributed by atoms with Gasteiger partial charge in [-0.3, -0.25) is 0 Å². The molecule has 20 heavy (non-hydrogen) atoms. The molecule has 0 amide bonds. The van der Waals surface area contributed by atoms with Gasteiger partial charge in [-0.1, -0.05) is 18.2 Å². The fraction of sp³-hybridized carbons (Fsp3) is 0.250. The van der Waals surface area contributed by atoms with Crippen LogP contribution in [0.1, 0.15) is 12.5 Å². The second-order valence-electron chi connectivity index (χ2n) is 4.69. The summed E-state index contributed by atoms with van der Waals surface area (Å²) in [6, 6.07) is 11.6. The molecule has 0 aliphatic carbocycles. The number of rotatable bonds is 5. The van der Waals surface area contributed by atoms with Crippen LogP contribution in [0.15, 0.2) is 42.5 Å². The fourth-order valence-electron chi connectivity index (χ4n) is 2.12. The second-order valence-corrected chi connectivity index (χ2v) is 4.69. The number of benzene rings is 2. The highest BCUT2D eigenvalue weighted by Gasteiger charge is 2.09. The van der Waals surface area contributed by atoms with E-state index in [1.807, 2.05) is 31.2 Å². The van der Waals surface area contributed by atoms with Crippen LogP contribution in [0.2, 0.25) is 0 Å². The molecule has 2 nitrogen and oxygen atoms in total. The third kappa shape index (κ3) is 3.47. The van der Waals surface area contributed by atoms with Crippen LogP contribution in [0.3, 0.4) is 0 Å². The summed E-state index contributed by atoms with van der Waals surface area (Å²) in [5.74, 6) is -0.862. The Morgan fingerprint density at radius 2 is 1.85 bits per heavy atom. The Labute approximate surface area is 117 Å². The van der Waals surface area contributed by atoms with E-state index in [2.05, 4.69) is 5.32 Å². The van der Waals surface area contributed by atoms with Crippen molar-refractivity contribution in [1.29, 1.82) is 0 Å². The number of halogens is 2. The Bertz CT molecular complexity index is 586. The van der Waals surface area contributed by atoms with Crippen molar-refractivity contribution in [3.05, 3.63) is 59.7 Å². The molecule has 0 aliphatic rings. The average Bonchev–Trinajstić information content (AvgIpc) is 2.43. The molecule has 0 radical (unpaired) electrons. The maximum atomic E-state index is 13.1. The molecule has 2 aromatic rings. The van der Waals surface area contributed by atoms with Gasteiger partial charge in [-0.15, -0.1) is 0 Å². The third-order valence-electron chi connectivity index (χ3n) is 3.05. The number of ether oxygens (including phenoxy) is 1. The van der Waals surface area contributed by atoms with Gasteiger partial charge in [0.25, 0.3) is 0 Å². The predicted octanol–water partition coefficient (Wildman–Crippen LogP) is 4.02. The van der Waals surface area contributed by atoms with Gasteiger partial charge < -0.3 is 10.1 Å². The molecule has 2 aromatic carbocycles. The standard InChI is InChI=1S/C16H17F2NO/c1-11(9-12-5-3-4-6-16(12)20-2)19-13-7-8-14(17)15(18)10-13/h3-8,10-11,19H,9H2,1-2H3. The summed E-state index contributed by atoms with van der Waals surface area (Å²) in [4.78, 5) is 0. The number of hydrogen-bond acceptors (Lipinski definition) is 2. The van der Waals surface area contributed by atoms with E-state index in [9.17, 15) is 8.78 Å². The van der Waals surface area contributed by atoms with E-state index in [1.165, 1.54) is 6.07 Å². The largest absolute Gasteiger partial charge is 0.496 e. The number of methoxy groups -OCH3 is 1.